The molecule has 17 heavy (non-hydrogen) atoms. The molecule has 0 saturated heterocycles. The van der Waals surface area contributed by atoms with Gasteiger partial charge in [-0.05, 0) is 24.1 Å². The molecule has 0 saturated carbocycles. The largest absolute Gasteiger partial charge is 0.493 e. The van der Waals surface area contributed by atoms with E-state index >= 15 is 0 Å². The highest BCUT2D eigenvalue weighted by Gasteiger charge is 2.21. The minimum atomic E-state index is 0.0262. The Kier molecular flexibility index (Phi) is 3.74. The van der Waals surface area contributed by atoms with Crippen LogP contribution >= 0.6 is 0 Å². The normalized spacial score (nSPS) is 14.8. The Morgan fingerprint density at radius 1 is 1.41 bits per heavy atom. The first-order valence-corrected chi connectivity index (χ1v) is 5.99. The fourth-order valence-electron chi connectivity index (χ4n) is 1.95. The molecular weight excluding hydrogens is 218 g/mol. The van der Waals surface area contributed by atoms with E-state index in [9.17, 15) is 0 Å². The molecule has 1 aliphatic rings. The van der Waals surface area contributed by atoms with E-state index in [2.05, 4.69) is 6.92 Å². The lowest BCUT2D eigenvalue weighted by Crippen LogP contribution is -2.10. The van der Waals surface area contributed by atoms with Crippen molar-refractivity contribution >= 4 is 0 Å². The second-order valence-corrected chi connectivity index (χ2v) is 4.21. The molecule has 2 N–H and O–H groups in total. The second kappa shape index (κ2) is 5.27. The van der Waals surface area contributed by atoms with Crippen molar-refractivity contribution in [2.45, 2.75) is 32.2 Å². The number of nitrogens with two attached hydrogens (primary N) is 1. The summed E-state index contributed by atoms with van der Waals surface area (Å²) in [5.74, 6) is 2.10. The van der Waals surface area contributed by atoms with Gasteiger partial charge in [0.05, 0.1) is 7.11 Å². The lowest BCUT2D eigenvalue weighted by atomic mass is 10.0. The summed E-state index contributed by atoms with van der Waals surface area (Å²) in [6.45, 7) is 2.41. The first kappa shape index (κ1) is 12.0. The van der Waals surface area contributed by atoms with Crippen LogP contribution in [0.25, 0.3) is 0 Å². The van der Waals surface area contributed by atoms with Crippen molar-refractivity contribution in [1.29, 1.82) is 0 Å². The number of rotatable bonds is 5. The maximum Gasteiger partial charge on any atom is 0.231 e. The van der Waals surface area contributed by atoms with E-state index in [0.29, 0.717) is 11.5 Å². The zero-order valence-electron chi connectivity index (χ0n) is 10.4. The lowest BCUT2D eigenvalue weighted by molar-refractivity contribution is 0.171. The summed E-state index contributed by atoms with van der Waals surface area (Å²) in [4.78, 5) is 0. The first-order chi connectivity index (χ1) is 8.26. The highest BCUT2D eigenvalue weighted by molar-refractivity contribution is 5.55. The third kappa shape index (κ3) is 2.47. The van der Waals surface area contributed by atoms with E-state index in [-0.39, 0.29) is 12.8 Å². The Hall–Kier alpha value is -1.42. The van der Waals surface area contributed by atoms with Crippen LogP contribution in [-0.2, 0) is 0 Å². The molecule has 2 rings (SSSR count). The van der Waals surface area contributed by atoms with E-state index in [1.54, 1.807) is 7.11 Å². The highest BCUT2D eigenvalue weighted by atomic mass is 16.7. The van der Waals surface area contributed by atoms with Crippen LogP contribution in [0.15, 0.2) is 12.1 Å². The number of fused-ring (bicyclic) bond motifs is 1. The molecule has 0 aromatic heterocycles. The predicted octanol–water partition coefficient (Wildman–Crippen LogP) is 2.61. The van der Waals surface area contributed by atoms with Crippen LogP contribution in [0.1, 0.15) is 37.8 Å². The quantitative estimate of drug-likeness (QED) is 0.855. The Bertz CT molecular complexity index is 392. The number of ether oxygens (including phenoxy) is 3. The molecule has 0 bridgehead atoms. The maximum absolute atomic E-state index is 6.15. The molecule has 1 aromatic rings. The van der Waals surface area contributed by atoms with Crippen LogP contribution in [-0.4, -0.2) is 13.9 Å². The Morgan fingerprint density at radius 2 is 2.24 bits per heavy atom. The summed E-state index contributed by atoms with van der Waals surface area (Å²) in [6.07, 6.45) is 3.24. The molecular formula is C13H19NO3. The molecule has 1 heterocycles. The summed E-state index contributed by atoms with van der Waals surface area (Å²) in [5.41, 5.74) is 7.19. The zero-order valence-corrected chi connectivity index (χ0v) is 10.4. The van der Waals surface area contributed by atoms with Crippen molar-refractivity contribution in [2.24, 2.45) is 5.73 Å². The molecule has 0 fully saturated rings. The molecule has 0 amide bonds. The average molecular weight is 237 g/mol. The molecule has 0 spiro atoms. The smallest absolute Gasteiger partial charge is 0.231 e. The number of hydrogen-bond acceptors (Lipinski definition) is 4. The standard InChI is InChI=1S/C13H19NO3/c1-3-4-5-10(14)9-6-11(15-2)13-12(7-9)16-8-17-13/h6-7,10H,3-5,8,14H2,1-2H3/t10-/m1/s1. The maximum atomic E-state index is 6.15. The topological polar surface area (TPSA) is 53.7 Å². The molecule has 1 aliphatic heterocycles. The van der Waals surface area contributed by atoms with Gasteiger partial charge in [0.2, 0.25) is 12.5 Å². The predicted molar refractivity (Wildman–Crippen MR) is 65.6 cm³/mol. The van der Waals surface area contributed by atoms with Crippen LogP contribution in [0.4, 0.5) is 0 Å². The molecule has 0 unspecified atom stereocenters. The molecule has 4 nitrogen and oxygen atoms in total. The average Bonchev–Trinajstić information content (AvgIpc) is 2.82. The van der Waals surface area contributed by atoms with E-state index in [1.807, 2.05) is 12.1 Å². The van der Waals surface area contributed by atoms with E-state index in [4.69, 9.17) is 19.9 Å². The van der Waals surface area contributed by atoms with Crippen molar-refractivity contribution in [3.05, 3.63) is 17.7 Å². The summed E-state index contributed by atoms with van der Waals surface area (Å²) in [7, 11) is 1.62. The van der Waals surface area contributed by atoms with E-state index < -0.39 is 0 Å². The van der Waals surface area contributed by atoms with Gasteiger partial charge in [-0.15, -0.1) is 0 Å². The van der Waals surface area contributed by atoms with Gasteiger partial charge in [0.1, 0.15) is 0 Å². The molecule has 1 atom stereocenters. The van der Waals surface area contributed by atoms with Crippen molar-refractivity contribution in [3.63, 3.8) is 0 Å². The van der Waals surface area contributed by atoms with Gasteiger partial charge in [0.15, 0.2) is 11.5 Å². The minimum Gasteiger partial charge on any atom is -0.493 e. The van der Waals surface area contributed by atoms with Gasteiger partial charge in [-0.2, -0.15) is 0 Å². The second-order valence-electron chi connectivity index (χ2n) is 4.21. The summed E-state index contributed by atoms with van der Waals surface area (Å²) in [6, 6.07) is 3.91. The van der Waals surface area contributed by atoms with Crippen molar-refractivity contribution in [1.82, 2.24) is 0 Å². The van der Waals surface area contributed by atoms with Crippen LogP contribution < -0.4 is 19.9 Å². The van der Waals surface area contributed by atoms with Gasteiger partial charge in [-0.3, -0.25) is 0 Å². The van der Waals surface area contributed by atoms with Gasteiger partial charge in [0.25, 0.3) is 0 Å². The van der Waals surface area contributed by atoms with E-state index in [1.165, 1.54) is 0 Å². The van der Waals surface area contributed by atoms with Crippen LogP contribution in [0, 0.1) is 0 Å². The molecule has 4 heteroatoms. The fourth-order valence-corrected chi connectivity index (χ4v) is 1.95. The SMILES string of the molecule is CCCC[C@@H](N)c1cc(OC)c2c(c1)OCO2. The third-order valence-corrected chi connectivity index (χ3v) is 2.98. The Morgan fingerprint density at radius 3 is 2.94 bits per heavy atom. The number of unbranched alkanes of at least 4 members (excludes halogenated alkanes) is 1. The molecule has 0 aliphatic carbocycles. The van der Waals surface area contributed by atoms with Crippen molar-refractivity contribution < 1.29 is 14.2 Å². The van der Waals surface area contributed by atoms with Crippen LogP contribution in [0.2, 0.25) is 0 Å². The number of hydrogen-bond donors (Lipinski definition) is 1. The number of benzene rings is 1. The highest BCUT2D eigenvalue weighted by Crippen LogP contribution is 2.43. The van der Waals surface area contributed by atoms with Crippen LogP contribution in [0.5, 0.6) is 17.2 Å². The van der Waals surface area contributed by atoms with Crippen LogP contribution in [0.3, 0.4) is 0 Å². The summed E-state index contributed by atoms with van der Waals surface area (Å²) in [5, 5.41) is 0. The van der Waals surface area contributed by atoms with Gasteiger partial charge < -0.3 is 19.9 Å². The van der Waals surface area contributed by atoms with E-state index in [0.717, 1.165) is 30.6 Å². The van der Waals surface area contributed by atoms with Gasteiger partial charge in [0, 0.05) is 6.04 Å². The Balaban J connectivity index is 2.23. The summed E-state index contributed by atoms with van der Waals surface area (Å²) >= 11 is 0. The Labute approximate surface area is 102 Å². The number of methoxy groups -OCH3 is 1. The van der Waals surface area contributed by atoms with Gasteiger partial charge >= 0.3 is 0 Å². The zero-order chi connectivity index (χ0) is 12.3. The van der Waals surface area contributed by atoms with Gasteiger partial charge in [-0.1, -0.05) is 19.8 Å². The minimum absolute atomic E-state index is 0.0262. The first-order valence-electron chi connectivity index (χ1n) is 5.99. The fraction of sp³-hybridized carbons (Fsp3) is 0.538. The molecule has 1 aromatic carbocycles. The third-order valence-electron chi connectivity index (χ3n) is 2.98. The lowest BCUT2D eigenvalue weighted by Gasteiger charge is -2.14. The summed E-state index contributed by atoms with van der Waals surface area (Å²) < 4.78 is 16.0. The molecule has 0 radical (unpaired) electrons. The molecule has 94 valence electrons. The van der Waals surface area contributed by atoms with Crippen molar-refractivity contribution in [2.75, 3.05) is 13.9 Å². The van der Waals surface area contributed by atoms with Gasteiger partial charge in [-0.25, -0.2) is 0 Å². The monoisotopic (exact) mass is 237 g/mol. The van der Waals surface area contributed by atoms with Crippen molar-refractivity contribution in [3.8, 4) is 17.2 Å².